The first-order valence-corrected chi connectivity index (χ1v) is 5.96. The topological polar surface area (TPSA) is 6.48 Å². The van der Waals surface area contributed by atoms with E-state index >= 15 is 0 Å². The summed E-state index contributed by atoms with van der Waals surface area (Å²) in [4.78, 5) is 5.10. The van der Waals surface area contributed by atoms with Crippen LogP contribution in [0.3, 0.4) is 0 Å². The van der Waals surface area contributed by atoms with E-state index in [1.807, 2.05) is 0 Å². The maximum absolute atomic E-state index is 2.58. The summed E-state index contributed by atoms with van der Waals surface area (Å²) in [6.45, 7) is 11.9. The predicted octanol–water partition coefficient (Wildman–Crippen LogP) is 1.98. The zero-order valence-corrected chi connectivity index (χ0v) is 9.71. The van der Waals surface area contributed by atoms with Crippen LogP contribution in [0.15, 0.2) is 12.2 Å². The zero-order valence-electron chi connectivity index (χ0n) is 9.71. The molecule has 0 aromatic carbocycles. The molecule has 0 radical (unpaired) electrons. The van der Waals surface area contributed by atoms with E-state index in [0.29, 0.717) is 0 Å². The van der Waals surface area contributed by atoms with Crippen LogP contribution in [0, 0.1) is 0 Å². The summed E-state index contributed by atoms with van der Waals surface area (Å²) in [6.07, 6.45) is 6.97. The fraction of sp³-hybridized carbons (Fsp3) is 0.833. The molecule has 1 heterocycles. The Morgan fingerprint density at radius 3 is 2.14 bits per heavy atom. The molecule has 1 aliphatic heterocycles. The molecule has 0 aliphatic carbocycles. The van der Waals surface area contributed by atoms with Crippen molar-refractivity contribution >= 4 is 0 Å². The lowest BCUT2D eigenvalue weighted by atomic mass is 10.2. The normalized spacial score (nSPS) is 20.7. The van der Waals surface area contributed by atoms with Crippen LogP contribution in [-0.2, 0) is 0 Å². The van der Waals surface area contributed by atoms with Crippen LogP contribution >= 0.6 is 0 Å². The number of likely N-dealkylation sites (N-methyl/N-ethyl adjacent to an activating group) is 1. The monoisotopic (exact) mass is 196 g/mol. The maximum atomic E-state index is 2.58. The Morgan fingerprint density at radius 1 is 0.929 bits per heavy atom. The van der Waals surface area contributed by atoms with Gasteiger partial charge in [-0.05, 0) is 19.4 Å². The van der Waals surface area contributed by atoms with Gasteiger partial charge in [-0.2, -0.15) is 0 Å². The Hall–Kier alpha value is -0.340. The molecule has 0 amide bonds. The second-order valence-electron chi connectivity index (χ2n) is 3.94. The Kier molecular flexibility index (Phi) is 5.88. The van der Waals surface area contributed by atoms with Crippen molar-refractivity contribution in [2.24, 2.45) is 0 Å². The SMILES string of the molecule is CC/C=C/CCN1CCN(CC)CC1. The van der Waals surface area contributed by atoms with Crippen molar-refractivity contribution in [1.29, 1.82) is 0 Å². The van der Waals surface area contributed by atoms with E-state index in [4.69, 9.17) is 0 Å². The molecule has 1 saturated heterocycles. The minimum absolute atomic E-state index is 1.17. The van der Waals surface area contributed by atoms with Gasteiger partial charge in [-0.3, -0.25) is 0 Å². The molecule has 0 atom stereocenters. The fourth-order valence-corrected chi connectivity index (χ4v) is 1.87. The van der Waals surface area contributed by atoms with Crippen LogP contribution in [-0.4, -0.2) is 49.1 Å². The first-order chi connectivity index (χ1) is 6.86. The van der Waals surface area contributed by atoms with Crippen LogP contribution in [0.4, 0.5) is 0 Å². The van der Waals surface area contributed by atoms with Crippen LogP contribution in [0.25, 0.3) is 0 Å². The standard InChI is InChI=1S/C12H24N2/c1-3-5-6-7-8-14-11-9-13(4-2)10-12-14/h5-6H,3-4,7-12H2,1-2H3/b6-5+. The van der Waals surface area contributed by atoms with Gasteiger partial charge in [0.15, 0.2) is 0 Å². The Balaban J connectivity index is 2.07. The quantitative estimate of drug-likeness (QED) is 0.620. The van der Waals surface area contributed by atoms with Crippen molar-refractivity contribution in [3.05, 3.63) is 12.2 Å². The van der Waals surface area contributed by atoms with Crippen LogP contribution in [0.2, 0.25) is 0 Å². The lowest BCUT2D eigenvalue weighted by molar-refractivity contribution is 0.139. The van der Waals surface area contributed by atoms with Crippen LogP contribution in [0.5, 0.6) is 0 Å². The van der Waals surface area contributed by atoms with E-state index in [1.165, 1.54) is 52.1 Å². The van der Waals surface area contributed by atoms with Crippen molar-refractivity contribution in [3.63, 3.8) is 0 Å². The fourth-order valence-electron chi connectivity index (χ4n) is 1.87. The molecular formula is C12H24N2. The first kappa shape index (κ1) is 11.7. The Labute approximate surface area is 88.6 Å². The molecule has 0 spiro atoms. The van der Waals surface area contributed by atoms with Gasteiger partial charge in [-0.25, -0.2) is 0 Å². The molecule has 0 unspecified atom stereocenters. The molecule has 0 aromatic heterocycles. The number of rotatable bonds is 5. The molecule has 1 aliphatic rings. The highest BCUT2D eigenvalue weighted by Crippen LogP contribution is 2.02. The van der Waals surface area contributed by atoms with Gasteiger partial charge in [-0.1, -0.05) is 26.0 Å². The Morgan fingerprint density at radius 2 is 1.57 bits per heavy atom. The molecule has 82 valence electrons. The van der Waals surface area contributed by atoms with Crippen LogP contribution < -0.4 is 0 Å². The minimum atomic E-state index is 1.17. The lowest BCUT2D eigenvalue weighted by Crippen LogP contribution is -2.46. The van der Waals surface area contributed by atoms with Crippen LogP contribution in [0.1, 0.15) is 26.7 Å². The van der Waals surface area contributed by atoms with Gasteiger partial charge in [0.2, 0.25) is 0 Å². The molecule has 1 fully saturated rings. The highest BCUT2D eigenvalue weighted by atomic mass is 15.3. The van der Waals surface area contributed by atoms with Crippen molar-refractivity contribution in [1.82, 2.24) is 9.80 Å². The van der Waals surface area contributed by atoms with E-state index in [0.717, 1.165) is 0 Å². The van der Waals surface area contributed by atoms with Gasteiger partial charge < -0.3 is 9.80 Å². The van der Waals surface area contributed by atoms with Gasteiger partial charge in [-0.15, -0.1) is 0 Å². The summed E-state index contributed by atoms with van der Waals surface area (Å²) >= 11 is 0. The maximum Gasteiger partial charge on any atom is 0.0110 e. The second-order valence-corrected chi connectivity index (χ2v) is 3.94. The summed E-state index contributed by atoms with van der Waals surface area (Å²) < 4.78 is 0. The van der Waals surface area contributed by atoms with E-state index in [9.17, 15) is 0 Å². The predicted molar refractivity (Wildman–Crippen MR) is 62.6 cm³/mol. The average Bonchev–Trinajstić information content (AvgIpc) is 2.25. The van der Waals surface area contributed by atoms with E-state index in [1.54, 1.807) is 0 Å². The van der Waals surface area contributed by atoms with Gasteiger partial charge in [0.25, 0.3) is 0 Å². The number of allylic oxidation sites excluding steroid dienone is 1. The highest BCUT2D eigenvalue weighted by Gasteiger charge is 2.13. The molecule has 2 heteroatoms. The van der Waals surface area contributed by atoms with E-state index in [-0.39, 0.29) is 0 Å². The molecule has 14 heavy (non-hydrogen) atoms. The lowest BCUT2D eigenvalue weighted by Gasteiger charge is -2.33. The molecule has 0 N–H and O–H groups in total. The van der Waals surface area contributed by atoms with Crippen molar-refractivity contribution in [2.75, 3.05) is 39.3 Å². The molecule has 1 rings (SSSR count). The third-order valence-corrected chi connectivity index (χ3v) is 2.93. The van der Waals surface area contributed by atoms with E-state index < -0.39 is 0 Å². The highest BCUT2D eigenvalue weighted by molar-refractivity contribution is 4.82. The summed E-state index contributed by atoms with van der Waals surface area (Å²) in [5.74, 6) is 0. The van der Waals surface area contributed by atoms with Crippen molar-refractivity contribution < 1.29 is 0 Å². The van der Waals surface area contributed by atoms with Crippen molar-refractivity contribution in [2.45, 2.75) is 26.7 Å². The summed E-state index contributed by atoms with van der Waals surface area (Å²) in [6, 6.07) is 0. The van der Waals surface area contributed by atoms with Gasteiger partial charge in [0.05, 0.1) is 0 Å². The zero-order chi connectivity index (χ0) is 10.2. The number of hydrogen-bond donors (Lipinski definition) is 0. The number of hydrogen-bond acceptors (Lipinski definition) is 2. The third kappa shape index (κ3) is 4.25. The second kappa shape index (κ2) is 7.02. The third-order valence-electron chi connectivity index (χ3n) is 2.93. The first-order valence-electron chi connectivity index (χ1n) is 5.96. The largest absolute Gasteiger partial charge is 0.301 e. The average molecular weight is 196 g/mol. The van der Waals surface area contributed by atoms with Gasteiger partial charge in [0.1, 0.15) is 0 Å². The number of piperazine rings is 1. The molecular weight excluding hydrogens is 172 g/mol. The number of nitrogens with zero attached hydrogens (tertiary/aromatic N) is 2. The summed E-state index contributed by atoms with van der Waals surface area (Å²) in [7, 11) is 0. The van der Waals surface area contributed by atoms with Gasteiger partial charge in [0, 0.05) is 32.7 Å². The smallest absolute Gasteiger partial charge is 0.0110 e. The molecule has 0 bridgehead atoms. The Bertz CT molecular complexity index is 158. The summed E-state index contributed by atoms with van der Waals surface area (Å²) in [5, 5.41) is 0. The summed E-state index contributed by atoms with van der Waals surface area (Å²) in [5.41, 5.74) is 0. The molecule has 2 nitrogen and oxygen atoms in total. The minimum Gasteiger partial charge on any atom is -0.301 e. The molecule has 0 saturated carbocycles. The van der Waals surface area contributed by atoms with Crippen molar-refractivity contribution in [3.8, 4) is 0 Å². The molecule has 0 aromatic rings. The van der Waals surface area contributed by atoms with E-state index in [2.05, 4.69) is 35.8 Å². The van der Waals surface area contributed by atoms with Gasteiger partial charge >= 0.3 is 0 Å².